The number of hydrogen-bond donors (Lipinski definition) is 1. The minimum atomic E-state index is -4.64. The van der Waals surface area contributed by atoms with Crippen LogP contribution in [0.3, 0.4) is 0 Å². The molecule has 0 saturated carbocycles. The van der Waals surface area contributed by atoms with Crippen molar-refractivity contribution < 1.29 is 22.7 Å². The van der Waals surface area contributed by atoms with E-state index in [0.717, 1.165) is 23.3 Å². The highest BCUT2D eigenvalue weighted by atomic mass is 19.4. The molecule has 5 nitrogen and oxygen atoms in total. The molecule has 5 rings (SSSR count). The molecule has 0 radical (unpaired) electrons. The van der Waals surface area contributed by atoms with Gasteiger partial charge in [-0.15, -0.1) is 0 Å². The lowest BCUT2D eigenvalue weighted by molar-refractivity contribution is -0.137. The fraction of sp³-hybridized carbons (Fsp3) is 0.267. The molecule has 0 aliphatic carbocycles. The smallest absolute Gasteiger partial charge is 0.396 e. The van der Waals surface area contributed by atoms with Crippen LogP contribution in [0.1, 0.15) is 51.3 Å². The molecule has 1 atom stereocenters. The van der Waals surface area contributed by atoms with Crippen LogP contribution < -0.4 is 5.56 Å². The van der Waals surface area contributed by atoms with Gasteiger partial charge in [0, 0.05) is 31.1 Å². The van der Waals surface area contributed by atoms with Gasteiger partial charge in [-0.2, -0.15) is 13.2 Å². The Kier molecular flexibility index (Phi) is 7.38. The average molecular weight is 538 g/mol. The number of benzene rings is 3. The first-order valence-electron chi connectivity index (χ1n) is 12.6. The average Bonchev–Trinajstić information content (AvgIpc) is 2.92. The number of alkyl halides is 3. The molecular weight excluding hydrogens is 510 g/mol. The molecule has 1 aliphatic heterocycles. The SMILES string of the molecule is Cc1nc2c(c(=O)n1C(c1ccccc1)c1ccccc1)CN(Cc1ccc(C(F)(F)F)cc1F)CC2CO. The Morgan fingerprint density at radius 3 is 2.15 bits per heavy atom. The molecule has 0 fully saturated rings. The van der Waals surface area contributed by atoms with Crippen LogP contribution in [0.15, 0.2) is 83.7 Å². The van der Waals surface area contributed by atoms with Crippen molar-refractivity contribution in [1.29, 1.82) is 0 Å². The first kappa shape index (κ1) is 26.8. The van der Waals surface area contributed by atoms with Crippen molar-refractivity contribution in [1.82, 2.24) is 14.5 Å². The van der Waals surface area contributed by atoms with E-state index >= 15 is 0 Å². The van der Waals surface area contributed by atoms with Crippen LogP contribution in [0.5, 0.6) is 0 Å². The predicted molar refractivity (Wildman–Crippen MR) is 139 cm³/mol. The van der Waals surface area contributed by atoms with Crippen LogP contribution in [-0.4, -0.2) is 32.7 Å². The van der Waals surface area contributed by atoms with E-state index in [1.807, 2.05) is 60.7 Å². The predicted octanol–water partition coefficient (Wildman–Crippen LogP) is 5.44. The maximum atomic E-state index is 14.6. The lowest BCUT2D eigenvalue weighted by atomic mass is 9.94. The number of aromatic nitrogens is 2. The molecule has 9 heteroatoms. The van der Waals surface area contributed by atoms with E-state index in [2.05, 4.69) is 0 Å². The minimum Gasteiger partial charge on any atom is -0.396 e. The van der Waals surface area contributed by atoms with Crippen LogP contribution in [0.4, 0.5) is 17.6 Å². The van der Waals surface area contributed by atoms with Crippen LogP contribution >= 0.6 is 0 Å². The molecule has 4 aromatic rings. The summed E-state index contributed by atoms with van der Waals surface area (Å²) in [7, 11) is 0. The monoisotopic (exact) mass is 537 g/mol. The second-order valence-corrected chi connectivity index (χ2v) is 9.77. The number of aliphatic hydroxyl groups excluding tert-OH is 1. The first-order valence-corrected chi connectivity index (χ1v) is 12.6. The Hall–Kier alpha value is -3.82. The van der Waals surface area contributed by atoms with Crippen LogP contribution in [-0.2, 0) is 19.3 Å². The van der Waals surface area contributed by atoms with Crippen molar-refractivity contribution in [2.75, 3.05) is 13.2 Å². The normalized spacial score (nSPS) is 15.9. The molecule has 2 heterocycles. The molecule has 0 bridgehead atoms. The van der Waals surface area contributed by atoms with E-state index in [0.29, 0.717) is 23.1 Å². The van der Waals surface area contributed by atoms with Gasteiger partial charge in [-0.3, -0.25) is 14.3 Å². The lowest BCUT2D eigenvalue weighted by Gasteiger charge is -2.34. The van der Waals surface area contributed by atoms with E-state index in [1.165, 1.54) is 0 Å². The summed E-state index contributed by atoms with van der Waals surface area (Å²) in [5.74, 6) is -0.972. The van der Waals surface area contributed by atoms with Crippen LogP contribution in [0, 0.1) is 12.7 Å². The number of hydrogen-bond acceptors (Lipinski definition) is 4. The molecule has 0 amide bonds. The van der Waals surface area contributed by atoms with Crippen LogP contribution in [0.25, 0.3) is 0 Å². The van der Waals surface area contributed by atoms with Gasteiger partial charge >= 0.3 is 6.18 Å². The van der Waals surface area contributed by atoms with Gasteiger partial charge in [0.2, 0.25) is 0 Å². The molecule has 1 aromatic heterocycles. The summed E-state index contributed by atoms with van der Waals surface area (Å²) >= 11 is 0. The molecule has 1 unspecified atom stereocenters. The molecule has 1 N–H and O–H groups in total. The lowest BCUT2D eigenvalue weighted by Crippen LogP contribution is -2.42. The number of rotatable bonds is 6. The van der Waals surface area contributed by atoms with Gasteiger partial charge < -0.3 is 5.11 Å². The van der Waals surface area contributed by atoms with E-state index in [-0.39, 0.29) is 37.4 Å². The first-order chi connectivity index (χ1) is 18.7. The minimum absolute atomic E-state index is 0.0198. The van der Waals surface area contributed by atoms with Gasteiger partial charge in [0.25, 0.3) is 5.56 Å². The highest BCUT2D eigenvalue weighted by Crippen LogP contribution is 2.33. The summed E-state index contributed by atoms with van der Waals surface area (Å²) in [6.45, 7) is 1.86. The summed E-state index contributed by atoms with van der Waals surface area (Å²) in [4.78, 5) is 20.7. The van der Waals surface area contributed by atoms with Crippen molar-refractivity contribution in [3.63, 3.8) is 0 Å². The maximum Gasteiger partial charge on any atom is 0.416 e. The number of halogens is 4. The fourth-order valence-electron chi connectivity index (χ4n) is 5.29. The highest BCUT2D eigenvalue weighted by molar-refractivity contribution is 5.36. The number of fused-ring (bicyclic) bond motifs is 1. The van der Waals surface area contributed by atoms with Gasteiger partial charge in [-0.25, -0.2) is 9.37 Å². The van der Waals surface area contributed by atoms with E-state index < -0.39 is 29.5 Å². The fourth-order valence-corrected chi connectivity index (χ4v) is 5.29. The summed E-state index contributed by atoms with van der Waals surface area (Å²) in [5.41, 5.74) is 1.43. The standard InChI is InChI=1S/C30H27F4N3O2/c1-19-35-27-23(18-38)16-36(15-22-12-13-24(14-26(22)31)30(32,33)34)17-25(27)29(39)37(19)28(20-8-4-2-5-9-20)21-10-6-3-7-11-21/h2-14,23,28,38H,15-18H2,1H3. The van der Waals surface area contributed by atoms with Gasteiger partial charge in [-0.05, 0) is 30.2 Å². The zero-order valence-corrected chi connectivity index (χ0v) is 21.2. The third kappa shape index (κ3) is 5.37. The van der Waals surface area contributed by atoms with E-state index in [4.69, 9.17) is 4.98 Å². The molecule has 0 saturated heterocycles. The summed E-state index contributed by atoms with van der Waals surface area (Å²) in [5, 5.41) is 10.1. The van der Waals surface area contributed by atoms with E-state index in [9.17, 15) is 27.5 Å². The Morgan fingerprint density at radius 2 is 1.62 bits per heavy atom. The van der Waals surface area contributed by atoms with Crippen LogP contribution in [0.2, 0.25) is 0 Å². The Bertz CT molecular complexity index is 1480. The second-order valence-electron chi connectivity index (χ2n) is 9.77. The summed E-state index contributed by atoms with van der Waals surface area (Å²) in [6, 6.07) is 21.2. The maximum absolute atomic E-state index is 14.6. The molecule has 1 aliphatic rings. The van der Waals surface area contributed by atoms with Gasteiger partial charge in [0.05, 0.1) is 29.5 Å². The Labute approximate surface area is 223 Å². The second kappa shape index (κ2) is 10.7. The molecule has 3 aromatic carbocycles. The Balaban J connectivity index is 1.56. The largest absolute Gasteiger partial charge is 0.416 e. The third-order valence-electron chi connectivity index (χ3n) is 7.15. The third-order valence-corrected chi connectivity index (χ3v) is 7.15. The summed E-state index contributed by atoms with van der Waals surface area (Å²) in [6.07, 6.45) is -4.64. The van der Waals surface area contributed by atoms with Crippen molar-refractivity contribution in [3.8, 4) is 0 Å². The summed E-state index contributed by atoms with van der Waals surface area (Å²) < 4.78 is 55.3. The van der Waals surface area contributed by atoms with Crippen molar-refractivity contribution in [2.45, 2.75) is 38.1 Å². The Morgan fingerprint density at radius 1 is 1.00 bits per heavy atom. The number of aryl methyl sites for hydroxylation is 1. The zero-order valence-electron chi connectivity index (χ0n) is 21.2. The van der Waals surface area contributed by atoms with Gasteiger partial charge in [0.15, 0.2) is 0 Å². The zero-order chi connectivity index (χ0) is 27.7. The topological polar surface area (TPSA) is 58.4 Å². The molecule has 202 valence electrons. The molecule has 39 heavy (non-hydrogen) atoms. The van der Waals surface area contributed by atoms with E-state index in [1.54, 1.807) is 16.4 Å². The number of nitrogens with zero attached hydrogens (tertiary/aromatic N) is 3. The van der Waals surface area contributed by atoms with Crippen molar-refractivity contribution in [2.24, 2.45) is 0 Å². The van der Waals surface area contributed by atoms with Crippen molar-refractivity contribution >= 4 is 0 Å². The quantitative estimate of drug-likeness (QED) is 0.333. The highest BCUT2D eigenvalue weighted by Gasteiger charge is 2.34. The molecule has 0 spiro atoms. The van der Waals surface area contributed by atoms with Gasteiger partial charge in [0.1, 0.15) is 11.6 Å². The molecular formula is C30H27F4N3O2. The van der Waals surface area contributed by atoms with Crippen molar-refractivity contribution in [3.05, 3.63) is 134 Å². The number of aliphatic hydroxyl groups is 1. The van der Waals surface area contributed by atoms with Gasteiger partial charge in [-0.1, -0.05) is 66.7 Å².